The molecule has 4 nitrogen and oxygen atoms in total. The summed E-state index contributed by atoms with van der Waals surface area (Å²) in [6.07, 6.45) is 1.63. The molecule has 0 aliphatic heterocycles. The number of nitrogens with zero attached hydrogens (tertiary/aromatic N) is 1. The topological polar surface area (TPSA) is 51.6 Å². The Kier molecular flexibility index (Phi) is 2.33. The van der Waals surface area contributed by atoms with E-state index in [1.807, 2.05) is 0 Å². The lowest BCUT2D eigenvalue weighted by atomic mass is 10.2. The van der Waals surface area contributed by atoms with Crippen molar-refractivity contribution in [2.45, 2.75) is 0 Å². The van der Waals surface area contributed by atoms with Crippen molar-refractivity contribution < 1.29 is 14.6 Å². The van der Waals surface area contributed by atoms with E-state index >= 15 is 0 Å². The average Bonchev–Trinajstić information content (AvgIpc) is 2.27. The van der Waals surface area contributed by atoms with Crippen LogP contribution in [0.2, 0.25) is 0 Å². The minimum Gasteiger partial charge on any atom is -0.504 e. The summed E-state index contributed by atoms with van der Waals surface area (Å²) in [6, 6.07) is 5.02. The zero-order valence-corrected chi connectivity index (χ0v) is 8.52. The Morgan fingerprint density at radius 1 is 1.13 bits per heavy atom. The van der Waals surface area contributed by atoms with Crippen molar-refractivity contribution in [3.63, 3.8) is 0 Å². The van der Waals surface area contributed by atoms with E-state index in [9.17, 15) is 5.11 Å². The largest absolute Gasteiger partial charge is 0.504 e. The highest BCUT2D eigenvalue weighted by molar-refractivity contribution is 5.87. The van der Waals surface area contributed by atoms with E-state index in [-0.39, 0.29) is 5.75 Å². The molecule has 2 aromatic rings. The molecule has 15 heavy (non-hydrogen) atoms. The quantitative estimate of drug-likeness (QED) is 0.814. The van der Waals surface area contributed by atoms with Gasteiger partial charge in [-0.05, 0) is 12.1 Å². The summed E-state index contributed by atoms with van der Waals surface area (Å²) in [7, 11) is 3.10. The predicted molar refractivity (Wildman–Crippen MR) is 56.5 cm³/mol. The van der Waals surface area contributed by atoms with Crippen LogP contribution < -0.4 is 9.47 Å². The summed E-state index contributed by atoms with van der Waals surface area (Å²) in [6.45, 7) is 0. The first-order valence-electron chi connectivity index (χ1n) is 4.46. The van der Waals surface area contributed by atoms with Crippen LogP contribution in [0.5, 0.6) is 17.2 Å². The highest BCUT2D eigenvalue weighted by atomic mass is 16.5. The second kappa shape index (κ2) is 3.65. The summed E-state index contributed by atoms with van der Waals surface area (Å²) in [5.41, 5.74) is 0.674. The molecule has 0 radical (unpaired) electrons. The van der Waals surface area contributed by atoms with Gasteiger partial charge in [0.1, 0.15) is 5.75 Å². The van der Waals surface area contributed by atoms with Gasteiger partial charge in [0.05, 0.1) is 19.7 Å². The Labute approximate surface area is 87.1 Å². The number of aromatic nitrogens is 1. The van der Waals surface area contributed by atoms with E-state index in [1.165, 1.54) is 7.11 Å². The first-order chi connectivity index (χ1) is 7.26. The second-order valence-corrected chi connectivity index (χ2v) is 3.05. The fraction of sp³-hybridized carbons (Fsp3) is 0.182. The van der Waals surface area contributed by atoms with E-state index in [0.717, 1.165) is 5.39 Å². The molecule has 0 saturated heterocycles. The molecule has 0 atom stereocenters. The summed E-state index contributed by atoms with van der Waals surface area (Å²) in [5.74, 6) is 1.19. The van der Waals surface area contributed by atoms with Gasteiger partial charge in [-0.3, -0.25) is 4.98 Å². The van der Waals surface area contributed by atoms with Gasteiger partial charge in [-0.2, -0.15) is 0 Å². The third kappa shape index (κ3) is 1.54. The molecule has 2 rings (SSSR count). The number of methoxy groups -OCH3 is 2. The molecule has 4 heteroatoms. The Bertz CT molecular complexity index is 496. The maximum Gasteiger partial charge on any atom is 0.161 e. The lowest BCUT2D eigenvalue weighted by molar-refractivity contribution is 0.374. The van der Waals surface area contributed by atoms with Crippen LogP contribution in [0.1, 0.15) is 0 Å². The molecule has 1 aromatic heterocycles. The van der Waals surface area contributed by atoms with Gasteiger partial charge >= 0.3 is 0 Å². The predicted octanol–water partition coefficient (Wildman–Crippen LogP) is 1.96. The van der Waals surface area contributed by atoms with Crippen molar-refractivity contribution in [2.75, 3.05) is 14.2 Å². The van der Waals surface area contributed by atoms with Gasteiger partial charge in [-0.15, -0.1) is 0 Å². The standard InChI is InChI=1S/C11H11NO3/c1-14-10-3-4-12-8-6-9(13)11(15-2)5-7(8)10/h3-6,13H,1-2H3. The lowest BCUT2D eigenvalue weighted by Crippen LogP contribution is -1.89. The normalized spacial score (nSPS) is 10.3. The van der Waals surface area contributed by atoms with Crippen LogP contribution in [0.25, 0.3) is 10.9 Å². The summed E-state index contributed by atoms with van der Waals surface area (Å²) in [4.78, 5) is 4.13. The van der Waals surface area contributed by atoms with Crippen molar-refractivity contribution in [1.29, 1.82) is 0 Å². The van der Waals surface area contributed by atoms with Crippen LogP contribution in [-0.2, 0) is 0 Å². The van der Waals surface area contributed by atoms with Crippen LogP contribution in [0, 0.1) is 0 Å². The van der Waals surface area contributed by atoms with Crippen molar-refractivity contribution in [3.8, 4) is 17.2 Å². The fourth-order valence-electron chi connectivity index (χ4n) is 1.48. The first-order valence-corrected chi connectivity index (χ1v) is 4.46. The molecule has 1 N–H and O–H groups in total. The number of fused-ring (bicyclic) bond motifs is 1. The monoisotopic (exact) mass is 205 g/mol. The molecule has 1 heterocycles. The number of benzene rings is 1. The zero-order valence-electron chi connectivity index (χ0n) is 8.52. The minimum atomic E-state index is 0.0748. The highest BCUT2D eigenvalue weighted by Crippen LogP contribution is 2.34. The molecular formula is C11H11NO3. The molecule has 0 spiro atoms. The van der Waals surface area contributed by atoms with E-state index in [0.29, 0.717) is 17.0 Å². The second-order valence-electron chi connectivity index (χ2n) is 3.05. The van der Waals surface area contributed by atoms with Gasteiger partial charge in [0.2, 0.25) is 0 Å². The van der Waals surface area contributed by atoms with Crippen LogP contribution in [-0.4, -0.2) is 24.3 Å². The molecule has 0 aliphatic carbocycles. The maximum atomic E-state index is 9.57. The number of aromatic hydroxyl groups is 1. The number of hydrogen-bond donors (Lipinski definition) is 1. The Balaban J connectivity index is 2.76. The van der Waals surface area contributed by atoms with Crippen molar-refractivity contribution in [1.82, 2.24) is 4.98 Å². The maximum absolute atomic E-state index is 9.57. The van der Waals surface area contributed by atoms with Gasteiger partial charge in [0.25, 0.3) is 0 Å². The molecular weight excluding hydrogens is 194 g/mol. The zero-order chi connectivity index (χ0) is 10.8. The van der Waals surface area contributed by atoms with E-state index in [2.05, 4.69) is 4.98 Å². The van der Waals surface area contributed by atoms with Crippen LogP contribution in [0.4, 0.5) is 0 Å². The molecule has 0 saturated carbocycles. The average molecular weight is 205 g/mol. The van der Waals surface area contributed by atoms with Crippen LogP contribution >= 0.6 is 0 Å². The summed E-state index contributed by atoms with van der Waals surface area (Å²) >= 11 is 0. The van der Waals surface area contributed by atoms with Crippen LogP contribution in [0.3, 0.4) is 0 Å². The molecule has 0 aliphatic rings. The third-order valence-corrected chi connectivity index (χ3v) is 2.22. The molecule has 0 fully saturated rings. The van der Waals surface area contributed by atoms with E-state index < -0.39 is 0 Å². The molecule has 0 amide bonds. The van der Waals surface area contributed by atoms with E-state index in [4.69, 9.17) is 9.47 Å². The summed E-state index contributed by atoms with van der Waals surface area (Å²) in [5, 5.41) is 10.4. The number of pyridine rings is 1. The Hall–Kier alpha value is -1.97. The van der Waals surface area contributed by atoms with Gasteiger partial charge in [-0.1, -0.05) is 0 Å². The van der Waals surface area contributed by atoms with Crippen molar-refractivity contribution in [2.24, 2.45) is 0 Å². The molecule has 78 valence electrons. The SMILES string of the molecule is COc1cc2c(OC)ccnc2cc1O. The van der Waals surface area contributed by atoms with Gasteiger partial charge in [0.15, 0.2) is 11.5 Å². The minimum absolute atomic E-state index is 0.0748. The number of phenolic OH excluding ortho intramolecular Hbond substituents is 1. The van der Waals surface area contributed by atoms with Gasteiger partial charge in [0, 0.05) is 17.6 Å². The number of hydrogen-bond acceptors (Lipinski definition) is 4. The third-order valence-electron chi connectivity index (χ3n) is 2.22. The molecule has 0 bridgehead atoms. The molecule has 1 aromatic carbocycles. The molecule has 0 unspecified atom stereocenters. The van der Waals surface area contributed by atoms with Gasteiger partial charge < -0.3 is 14.6 Å². The fourth-order valence-corrected chi connectivity index (χ4v) is 1.48. The summed E-state index contributed by atoms with van der Waals surface area (Å²) < 4.78 is 10.2. The first kappa shape index (κ1) is 9.58. The number of phenols is 1. The van der Waals surface area contributed by atoms with E-state index in [1.54, 1.807) is 31.5 Å². The number of ether oxygens (including phenoxy) is 2. The van der Waals surface area contributed by atoms with Gasteiger partial charge in [-0.25, -0.2) is 0 Å². The van der Waals surface area contributed by atoms with Crippen molar-refractivity contribution >= 4 is 10.9 Å². The smallest absolute Gasteiger partial charge is 0.161 e. The lowest BCUT2D eigenvalue weighted by Gasteiger charge is -2.07. The Morgan fingerprint density at radius 3 is 2.53 bits per heavy atom. The highest BCUT2D eigenvalue weighted by Gasteiger charge is 2.08. The number of rotatable bonds is 2. The van der Waals surface area contributed by atoms with Crippen LogP contribution in [0.15, 0.2) is 24.4 Å². The van der Waals surface area contributed by atoms with Crippen molar-refractivity contribution in [3.05, 3.63) is 24.4 Å². The Morgan fingerprint density at radius 2 is 1.87 bits per heavy atom.